The number of rotatable bonds is 17. The summed E-state index contributed by atoms with van der Waals surface area (Å²) in [5.41, 5.74) is 3.72. The van der Waals surface area contributed by atoms with Gasteiger partial charge in [-0.2, -0.15) is 0 Å². The van der Waals surface area contributed by atoms with E-state index < -0.39 is 16.6 Å². The van der Waals surface area contributed by atoms with Crippen molar-refractivity contribution in [3.05, 3.63) is 47.6 Å². The monoisotopic (exact) mass is 809 g/mol. The van der Waals surface area contributed by atoms with Crippen LogP contribution in [0.4, 0.5) is 0 Å². The summed E-state index contributed by atoms with van der Waals surface area (Å²) in [5, 5.41) is 0.248. The number of esters is 1. The maximum atomic E-state index is 13.9. The van der Waals surface area contributed by atoms with Crippen molar-refractivity contribution >= 4 is 28.4 Å². The molecule has 4 saturated carbocycles. The lowest BCUT2D eigenvalue weighted by Crippen LogP contribution is -2.49. The van der Waals surface area contributed by atoms with Crippen LogP contribution in [0.25, 0.3) is 0 Å². The summed E-state index contributed by atoms with van der Waals surface area (Å²) in [6.45, 7) is 36.6. The maximum absolute atomic E-state index is 13.9. The fourth-order valence-electron chi connectivity index (χ4n) is 9.77. The highest BCUT2D eigenvalue weighted by Crippen LogP contribution is 2.60. The first-order valence-electron chi connectivity index (χ1n) is 22.7. The first-order chi connectivity index (χ1) is 25.9. The lowest BCUT2D eigenvalue weighted by Gasteiger charge is -2.46. The molecule has 0 amide bonds. The molecule has 0 heterocycles. The predicted molar refractivity (Wildman–Crippen MR) is 241 cm³/mol. The predicted octanol–water partition coefficient (Wildman–Crippen LogP) is 14.0. The number of hydrogen-bond acceptors (Lipinski definition) is 5. The second-order valence-electron chi connectivity index (χ2n) is 21.9. The van der Waals surface area contributed by atoms with Gasteiger partial charge in [0.15, 0.2) is 16.6 Å². The van der Waals surface area contributed by atoms with Crippen LogP contribution in [0.2, 0.25) is 36.3 Å². The van der Waals surface area contributed by atoms with E-state index in [1.165, 1.54) is 44.6 Å². The van der Waals surface area contributed by atoms with Gasteiger partial charge in [0.2, 0.25) is 0 Å². The number of allylic oxidation sites excluding steroid dienone is 5. The summed E-state index contributed by atoms with van der Waals surface area (Å²) in [5.74, 6) is 0.968. The Morgan fingerprint density at radius 3 is 2.16 bits per heavy atom. The number of carbonyl (C=O) groups excluding carboxylic acids is 2. The Bertz CT molecular complexity index is 1480. The molecule has 7 heteroatoms. The van der Waals surface area contributed by atoms with Gasteiger partial charge in [0.1, 0.15) is 11.9 Å². The molecule has 0 aromatic rings. The van der Waals surface area contributed by atoms with Crippen molar-refractivity contribution in [3.63, 3.8) is 0 Å². The molecule has 56 heavy (non-hydrogen) atoms. The van der Waals surface area contributed by atoms with E-state index in [2.05, 4.69) is 113 Å². The van der Waals surface area contributed by atoms with E-state index in [9.17, 15) is 9.59 Å². The molecule has 0 bridgehead atoms. The average molecular weight is 809 g/mol. The van der Waals surface area contributed by atoms with Crippen molar-refractivity contribution in [3.8, 4) is 0 Å². The molecule has 0 N–H and O–H groups in total. The topological polar surface area (TPSA) is 61.8 Å². The minimum Gasteiger partial charge on any atom is -0.462 e. The summed E-state index contributed by atoms with van der Waals surface area (Å²) < 4.78 is 20.3. The fourth-order valence-corrected chi connectivity index (χ4v) is 12.4. The van der Waals surface area contributed by atoms with Crippen molar-refractivity contribution in [2.75, 3.05) is 0 Å². The van der Waals surface area contributed by atoms with Crippen LogP contribution >= 0.6 is 0 Å². The Balaban J connectivity index is 1.55. The van der Waals surface area contributed by atoms with Crippen LogP contribution in [-0.4, -0.2) is 46.7 Å². The van der Waals surface area contributed by atoms with Gasteiger partial charge < -0.3 is 13.6 Å². The standard InChI is InChI=1S/C49H84O5Si2/c1-16-17-18-19-20-21-29-49(30-31-49)45(51)34-43(52-37(4)50)36(3)41-26-27-42-38(23-22-28-48(41,42)11)24-25-39-32-40(53-55(12,13)46(5,6)7)33-44(35(39)2)54-56(14,15)47(8,9)10/h21,24-25,29,36,40-44H,2,16-20,22-23,26-28,30-34H2,1,3-15H3/t36-,40+,41+,42-,43?,44-,48+/m0/s1. The zero-order valence-electron chi connectivity index (χ0n) is 38.6. The van der Waals surface area contributed by atoms with E-state index >= 15 is 0 Å². The summed E-state index contributed by atoms with van der Waals surface area (Å²) in [4.78, 5) is 26.4. The zero-order chi connectivity index (χ0) is 41.9. The van der Waals surface area contributed by atoms with Gasteiger partial charge in [0.05, 0.1) is 12.2 Å². The van der Waals surface area contributed by atoms with Gasteiger partial charge in [-0.15, -0.1) is 0 Å². The van der Waals surface area contributed by atoms with Crippen LogP contribution < -0.4 is 0 Å². The molecular formula is C49H84O5Si2. The average Bonchev–Trinajstić information content (AvgIpc) is 3.78. The van der Waals surface area contributed by atoms with Crippen molar-refractivity contribution in [2.45, 2.75) is 220 Å². The number of hydrogen-bond donors (Lipinski definition) is 0. The summed E-state index contributed by atoms with van der Waals surface area (Å²) in [6, 6.07) is 0. The van der Waals surface area contributed by atoms with Gasteiger partial charge in [0.25, 0.3) is 0 Å². The fraction of sp³-hybridized carbons (Fsp3) is 0.796. The normalized spacial score (nSPS) is 29.8. The maximum Gasteiger partial charge on any atom is 0.302 e. The third kappa shape index (κ3) is 11.2. The third-order valence-corrected chi connectivity index (χ3v) is 24.7. The molecule has 4 aliphatic carbocycles. The van der Waals surface area contributed by atoms with Crippen LogP contribution in [0, 0.1) is 28.6 Å². The van der Waals surface area contributed by atoms with Crippen LogP contribution in [0.15, 0.2) is 47.6 Å². The number of ketones is 1. The smallest absolute Gasteiger partial charge is 0.302 e. The number of Topliss-reactive ketones (excluding diaryl/α,β-unsaturated/α-hetero) is 1. The minimum absolute atomic E-state index is 0.0330. The third-order valence-electron chi connectivity index (χ3n) is 15.7. The number of carbonyl (C=O) groups is 2. The first-order valence-corrected chi connectivity index (χ1v) is 28.5. The number of fused-ring (bicyclic) bond motifs is 1. The molecule has 5 nitrogen and oxygen atoms in total. The molecule has 0 spiro atoms. The molecule has 318 valence electrons. The molecular weight excluding hydrogens is 725 g/mol. The van der Waals surface area contributed by atoms with E-state index in [1.54, 1.807) is 5.57 Å². The van der Waals surface area contributed by atoms with Gasteiger partial charge in [-0.25, -0.2) is 0 Å². The quantitative estimate of drug-likeness (QED) is 0.0634. The lowest BCUT2D eigenvalue weighted by molar-refractivity contribution is -0.153. The van der Waals surface area contributed by atoms with E-state index in [4.69, 9.17) is 20.2 Å². The highest BCUT2D eigenvalue weighted by molar-refractivity contribution is 6.74. The largest absolute Gasteiger partial charge is 0.462 e. The van der Waals surface area contributed by atoms with E-state index in [0.717, 1.165) is 63.4 Å². The molecule has 4 fully saturated rings. The summed E-state index contributed by atoms with van der Waals surface area (Å²) in [6.07, 6.45) is 24.5. The Morgan fingerprint density at radius 1 is 0.929 bits per heavy atom. The molecule has 0 aliphatic heterocycles. The lowest BCUT2D eigenvalue weighted by atomic mass is 9.60. The first kappa shape index (κ1) is 47.1. The van der Waals surface area contributed by atoms with Gasteiger partial charge >= 0.3 is 5.97 Å². The molecule has 1 unspecified atom stereocenters. The van der Waals surface area contributed by atoms with E-state index in [1.807, 2.05) is 0 Å². The molecule has 0 radical (unpaired) electrons. The Hall–Kier alpha value is -1.55. The SMILES string of the molecule is C=C1C(=CC=C2CCC[C@]3(C)[C@@H]([C@H](C)C(CC(=O)C4(C=CCCCCCC)CC4)OC(C)=O)CC[C@@H]23)C[C@@H](O[Si](C)(C)C(C)(C)C)C[C@@H]1O[Si](C)(C)C(C)(C)C. The second kappa shape index (κ2) is 18.4. The van der Waals surface area contributed by atoms with Crippen molar-refractivity contribution in [1.29, 1.82) is 0 Å². The molecule has 4 aliphatic rings. The van der Waals surface area contributed by atoms with Crippen molar-refractivity contribution in [2.24, 2.45) is 28.6 Å². The molecule has 0 aromatic heterocycles. The second-order valence-corrected chi connectivity index (χ2v) is 31.4. The molecule has 7 atom stereocenters. The number of ether oxygens (including phenoxy) is 1. The van der Waals surface area contributed by atoms with Gasteiger partial charge in [-0.1, -0.05) is 118 Å². The highest BCUT2D eigenvalue weighted by atomic mass is 28.4. The van der Waals surface area contributed by atoms with Gasteiger partial charge in [-0.3, -0.25) is 9.59 Å². The van der Waals surface area contributed by atoms with Crippen LogP contribution in [0.1, 0.15) is 166 Å². The molecule has 0 aromatic carbocycles. The Kier molecular flexibility index (Phi) is 15.5. The van der Waals surface area contributed by atoms with Crippen LogP contribution in [0.5, 0.6) is 0 Å². The van der Waals surface area contributed by atoms with E-state index in [0.29, 0.717) is 18.3 Å². The highest BCUT2D eigenvalue weighted by Gasteiger charge is 2.54. The van der Waals surface area contributed by atoms with Crippen LogP contribution in [-0.2, 0) is 23.2 Å². The van der Waals surface area contributed by atoms with Crippen molar-refractivity contribution < 1.29 is 23.2 Å². The molecule has 4 rings (SSSR count). The number of unbranched alkanes of at least 4 members (excludes halogenated alkanes) is 4. The zero-order valence-corrected chi connectivity index (χ0v) is 40.6. The van der Waals surface area contributed by atoms with Gasteiger partial charge in [0, 0.05) is 25.2 Å². The molecule has 0 saturated heterocycles. The van der Waals surface area contributed by atoms with Crippen molar-refractivity contribution in [1.82, 2.24) is 0 Å². The Labute approximate surface area is 346 Å². The van der Waals surface area contributed by atoms with E-state index in [-0.39, 0.29) is 56.9 Å². The van der Waals surface area contributed by atoms with Crippen LogP contribution in [0.3, 0.4) is 0 Å². The Morgan fingerprint density at radius 2 is 1.57 bits per heavy atom. The summed E-state index contributed by atoms with van der Waals surface area (Å²) >= 11 is 0. The summed E-state index contributed by atoms with van der Waals surface area (Å²) in [7, 11) is -4.03. The minimum atomic E-state index is -2.04. The van der Waals surface area contributed by atoms with Gasteiger partial charge in [-0.05, 0) is 135 Å².